The SMILES string of the molecule is FC(F)(F)c1ccc(C#Cc2ccc3c(ccc4nc(C#Cc5ccc(C(F)(F)F)cc5)ccc43)n2)cc1. The van der Waals surface area contributed by atoms with Gasteiger partial charge < -0.3 is 0 Å². The standard InChI is InChI=1S/C30H14F6N2/c31-29(32,33)21-7-1-19(2-8-21)5-11-23-13-15-25-26-16-14-24(38-28(26)18-17-27(25)37-23)12-6-20-3-9-22(10-4-20)30(34,35)36/h1-4,7-10,13-18H. The summed E-state index contributed by atoms with van der Waals surface area (Å²) in [4.78, 5) is 9.06. The summed E-state index contributed by atoms with van der Waals surface area (Å²) in [6, 6.07) is 19.9. The summed E-state index contributed by atoms with van der Waals surface area (Å²) in [5.41, 5.74) is 1.67. The van der Waals surface area contributed by atoms with Crippen LogP contribution in [0.5, 0.6) is 0 Å². The maximum absolute atomic E-state index is 12.7. The van der Waals surface area contributed by atoms with Crippen molar-refractivity contribution in [3.8, 4) is 23.7 Å². The molecule has 0 unspecified atom stereocenters. The molecule has 0 aliphatic rings. The van der Waals surface area contributed by atoms with Crippen LogP contribution in [0.4, 0.5) is 26.3 Å². The fourth-order valence-electron chi connectivity index (χ4n) is 3.71. The van der Waals surface area contributed by atoms with Gasteiger partial charge in [0.25, 0.3) is 0 Å². The lowest BCUT2D eigenvalue weighted by Crippen LogP contribution is -2.04. The van der Waals surface area contributed by atoms with Gasteiger partial charge in [-0.15, -0.1) is 0 Å². The van der Waals surface area contributed by atoms with Crippen molar-refractivity contribution in [2.45, 2.75) is 12.4 Å². The van der Waals surface area contributed by atoms with Crippen LogP contribution < -0.4 is 0 Å². The van der Waals surface area contributed by atoms with Crippen molar-refractivity contribution < 1.29 is 26.3 Å². The maximum Gasteiger partial charge on any atom is 0.416 e. The molecule has 0 N–H and O–H groups in total. The highest BCUT2D eigenvalue weighted by Gasteiger charge is 2.30. The molecule has 0 aliphatic carbocycles. The lowest BCUT2D eigenvalue weighted by molar-refractivity contribution is -0.138. The van der Waals surface area contributed by atoms with E-state index in [2.05, 4.69) is 33.6 Å². The lowest BCUT2D eigenvalue weighted by Gasteiger charge is -2.05. The zero-order valence-corrected chi connectivity index (χ0v) is 19.2. The molecule has 0 fully saturated rings. The average Bonchev–Trinajstić information content (AvgIpc) is 2.90. The van der Waals surface area contributed by atoms with Crippen LogP contribution in [-0.2, 0) is 12.4 Å². The summed E-state index contributed by atoms with van der Waals surface area (Å²) in [6.07, 6.45) is -8.80. The largest absolute Gasteiger partial charge is 0.416 e. The Morgan fingerprint density at radius 3 is 1.13 bits per heavy atom. The number of hydrogen-bond acceptors (Lipinski definition) is 2. The van der Waals surface area contributed by atoms with Crippen molar-refractivity contribution in [2.24, 2.45) is 0 Å². The van der Waals surface area contributed by atoms with Gasteiger partial charge in [-0.05, 0) is 96.8 Å². The fourth-order valence-corrected chi connectivity index (χ4v) is 3.71. The molecule has 0 saturated carbocycles. The van der Waals surface area contributed by atoms with Gasteiger partial charge in [-0.25, -0.2) is 9.97 Å². The van der Waals surface area contributed by atoms with Crippen LogP contribution >= 0.6 is 0 Å². The second-order valence-electron chi connectivity index (χ2n) is 8.24. The topological polar surface area (TPSA) is 25.8 Å². The number of halogens is 6. The van der Waals surface area contributed by atoms with Crippen LogP contribution in [0.25, 0.3) is 21.8 Å². The highest BCUT2D eigenvalue weighted by Crippen LogP contribution is 2.30. The number of nitrogens with zero attached hydrogens (tertiary/aromatic N) is 2. The first-order chi connectivity index (χ1) is 18.1. The Kier molecular flexibility index (Phi) is 6.26. The maximum atomic E-state index is 12.7. The van der Waals surface area contributed by atoms with Gasteiger partial charge >= 0.3 is 12.4 Å². The summed E-state index contributed by atoms with van der Waals surface area (Å²) < 4.78 is 76.3. The van der Waals surface area contributed by atoms with Crippen LogP contribution in [0.15, 0.2) is 84.9 Å². The Labute approximate surface area is 213 Å². The number of rotatable bonds is 0. The predicted octanol–water partition coefficient (Wildman–Crippen LogP) is 7.62. The Morgan fingerprint density at radius 1 is 0.421 bits per heavy atom. The van der Waals surface area contributed by atoms with Gasteiger partial charge in [0, 0.05) is 21.9 Å². The Balaban J connectivity index is 1.38. The molecule has 38 heavy (non-hydrogen) atoms. The summed E-state index contributed by atoms with van der Waals surface area (Å²) in [7, 11) is 0. The molecule has 2 heterocycles. The lowest BCUT2D eigenvalue weighted by atomic mass is 10.1. The van der Waals surface area contributed by atoms with Crippen molar-refractivity contribution in [3.05, 3.63) is 119 Å². The first kappa shape index (κ1) is 24.9. The van der Waals surface area contributed by atoms with Gasteiger partial charge in [-0.1, -0.05) is 11.8 Å². The van der Waals surface area contributed by atoms with Crippen LogP contribution in [0.1, 0.15) is 33.6 Å². The highest BCUT2D eigenvalue weighted by atomic mass is 19.4. The van der Waals surface area contributed by atoms with E-state index >= 15 is 0 Å². The van der Waals surface area contributed by atoms with Gasteiger partial charge in [0.05, 0.1) is 22.2 Å². The molecular weight excluding hydrogens is 502 g/mol. The van der Waals surface area contributed by atoms with Gasteiger partial charge in [0.15, 0.2) is 0 Å². The van der Waals surface area contributed by atoms with Gasteiger partial charge in [0.2, 0.25) is 0 Å². The van der Waals surface area contributed by atoms with Crippen LogP contribution in [0, 0.1) is 23.7 Å². The van der Waals surface area contributed by atoms with E-state index in [4.69, 9.17) is 0 Å². The normalized spacial score (nSPS) is 11.5. The minimum absolute atomic E-state index is 0.438. The van der Waals surface area contributed by atoms with E-state index in [1.165, 1.54) is 24.3 Å². The number of benzene rings is 3. The predicted molar refractivity (Wildman–Crippen MR) is 132 cm³/mol. The van der Waals surface area contributed by atoms with E-state index in [1.807, 2.05) is 12.1 Å². The molecule has 0 saturated heterocycles. The molecule has 8 heteroatoms. The van der Waals surface area contributed by atoms with Crippen molar-refractivity contribution >= 4 is 21.8 Å². The first-order valence-electron chi connectivity index (χ1n) is 11.2. The summed E-state index contributed by atoms with van der Waals surface area (Å²) in [5.74, 6) is 11.4. The molecule has 0 atom stereocenters. The minimum Gasteiger partial charge on any atom is -0.239 e. The molecule has 0 radical (unpaired) electrons. The number of pyridine rings is 2. The third-order valence-corrected chi connectivity index (χ3v) is 5.63. The fraction of sp³-hybridized carbons (Fsp3) is 0.0667. The summed E-state index contributed by atoms with van der Waals surface area (Å²) in [6.45, 7) is 0. The van der Waals surface area contributed by atoms with Crippen molar-refractivity contribution in [1.29, 1.82) is 0 Å². The quantitative estimate of drug-likeness (QED) is 0.120. The molecule has 0 spiro atoms. The van der Waals surface area contributed by atoms with E-state index < -0.39 is 23.5 Å². The van der Waals surface area contributed by atoms with Crippen molar-refractivity contribution in [3.63, 3.8) is 0 Å². The summed E-state index contributed by atoms with van der Waals surface area (Å²) in [5, 5.41) is 1.66. The molecule has 0 bridgehead atoms. The molecular formula is C30H14F6N2. The number of alkyl halides is 6. The highest BCUT2D eigenvalue weighted by molar-refractivity contribution is 6.04. The molecule has 5 aromatic rings. The van der Waals surface area contributed by atoms with E-state index in [0.717, 1.165) is 35.0 Å². The third-order valence-electron chi connectivity index (χ3n) is 5.63. The molecule has 0 aliphatic heterocycles. The van der Waals surface area contributed by atoms with Crippen LogP contribution in [0.2, 0.25) is 0 Å². The van der Waals surface area contributed by atoms with E-state index in [9.17, 15) is 26.3 Å². The van der Waals surface area contributed by atoms with Crippen molar-refractivity contribution in [1.82, 2.24) is 9.97 Å². The van der Waals surface area contributed by atoms with Crippen molar-refractivity contribution in [2.75, 3.05) is 0 Å². The number of hydrogen-bond donors (Lipinski definition) is 0. The molecule has 186 valence electrons. The van der Waals surface area contributed by atoms with Crippen LogP contribution in [-0.4, -0.2) is 9.97 Å². The van der Waals surface area contributed by atoms with Gasteiger partial charge in [-0.2, -0.15) is 26.3 Å². The number of fused-ring (bicyclic) bond motifs is 3. The second-order valence-corrected chi connectivity index (χ2v) is 8.24. The monoisotopic (exact) mass is 516 g/mol. The molecule has 5 rings (SSSR count). The van der Waals surface area contributed by atoms with Gasteiger partial charge in [-0.3, -0.25) is 0 Å². The smallest absolute Gasteiger partial charge is 0.239 e. The second kappa shape index (κ2) is 9.57. The molecule has 2 nitrogen and oxygen atoms in total. The Hall–Kier alpha value is -4.82. The third kappa shape index (κ3) is 5.45. The molecule has 2 aromatic heterocycles. The van der Waals surface area contributed by atoms with E-state index in [1.54, 1.807) is 24.3 Å². The van der Waals surface area contributed by atoms with E-state index in [-0.39, 0.29) is 0 Å². The van der Waals surface area contributed by atoms with Gasteiger partial charge in [0.1, 0.15) is 11.4 Å². The molecule has 3 aromatic carbocycles. The zero-order chi connectivity index (χ0) is 26.9. The Morgan fingerprint density at radius 2 is 0.789 bits per heavy atom. The first-order valence-corrected chi connectivity index (χ1v) is 11.2. The van der Waals surface area contributed by atoms with Crippen LogP contribution in [0.3, 0.4) is 0 Å². The number of aromatic nitrogens is 2. The Bertz CT molecular complexity index is 1640. The summed E-state index contributed by atoms with van der Waals surface area (Å²) >= 11 is 0. The minimum atomic E-state index is -4.40. The average molecular weight is 516 g/mol. The molecule has 0 amide bonds. The zero-order valence-electron chi connectivity index (χ0n) is 19.2. The van der Waals surface area contributed by atoms with E-state index in [0.29, 0.717) is 33.5 Å².